The average molecular weight is 408 g/mol. The summed E-state index contributed by atoms with van der Waals surface area (Å²) < 4.78 is 10.6. The van der Waals surface area contributed by atoms with Gasteiger partial charge in [-0.05, 0) is 42.7 Å². The van der Waals surface area contributed by atoms with Crippen LogP contribution in [0.5, 0.6) is 5.75 Å². The predicted molar refractivity (Wildman–Crippen MR) is 116 cm³/mol. The Balaban J connectivity index is 1.72. The average Bonchev–Trinajstić information content (AvgIpc) is 3.23. The van der Waals surface area contributed by atoms with Gasteiger partial charge in [0, 0.05) is 24.9 Å². The lowest BCUT2D eigenvalue weighted by Gasteiger charge is -2.30. The van der Waals surface area contributed by atoms with Gasteiger partial charge in [0.2, 0.25) is 17.6 Å². The summed E-state index contributed by atoms with van der Waals surface area (Å²) in [5, 5.41) is 4.09. The molecule has 0 bridgehead atoms. The molecule has 2 aromatic carbocycles. The second kappa shape index (κ2) is 10.1. The minimum absolute atomic E-state index is 0.0265. The predicted octanol–water partition coefficient (Wildman–Crippen LogP) is 4.92. The van der Waals surface area contributed by atoms with E-state index in [-0.39, 0.29) is 11.9 Å². The third-order valence-electron chi connectivity index (χ3n) is 5.04. The van der Waals surface area contributed by atoms with E-state index < -0.39 is 0 Å². The molecule has 0 fully saturated rings. The van der Waals surface area contributed by atoms with E-state index >= 15 is 0 Å². The van der Waals surface area contributed by atoms with Crippen molar-refractivity contribution in [2.45, 2.75) is 39.7 Å². The fourth-order valence-corrected chi connectivity index (χ4v) is 3.34. The lowest BCUT2D eigenvalue weighted by molar-refractivity contribution is -0.134. The van der Waals surface area contributed by atoms with E-state index in [9.17, 15) is 4.79 Å². The summed E-state index contributed by atoms with van der Waals surface area (Å²) in [4.78, 5) is 19.3. The second-order valence-electron chi connectivity index (χ2n) is 7.76. The van der Waals surface area contributed by atoms with Crippen LogP contribution in [-0.2, 0) is 11.2 Å². The van der Waals surface area contributed by atoms with Crippen LogP contribution in [0.1, 0.15) is 44.7 Å². The van der Waals surface area contributed by atoms with Crippen molar-refractivity contribution in [3.8, 4) is 17.1 Å². The first-order valence-electron chi connectivity index (χ1n) is 10.3. The normalized spacial score (nSPS) is 12.0. The van der Waals surface area contributed by atoms with Crippen molar-refractivity contribution in [2.24, 2.45) is 5.92 Å². The largest absolute Gasteiger partial charge is 0.497 e. The van der Waals surface area contributed by atoms with Crippen LogP contribution in [0.3, 0.4) is 0 Å². The zero-order valence-corrected chi connectivity index (χ0v) is 18.0. The number of benzene rings is 2. The van der Waals surface area contributed by atoms with Gasteiger partial charge in [0.1, 0.15) is 5.75 Å². The van der Waals surface area contributed by atoms with Gasteiger partial charge < -0.3 is 14.2 Å². The lowest BCUT2D eigenvalue weighted by atomic mass is 10.0. The molecule has 0 spiro atoms. The fraction of sp³-hybridized carbons (Fsp3) is 0.375. The summed E-state index contributed by atoms with van der Waals surface area (Å²) >= 11 is 0. The second-order valence-corrected chi connectivity index (χ2v) is 7.76. The van der Waals surface area contributed by atoms with Crippen LogP contribution in [0.25, 0.3) is 11.4 Å². The van der Waals surface area contributed by atoms with Gasteiger partial charge in [0.15, 0.2) is 0 Å². The summed E-state index contributed by atoms with van der Waals surface area (Å²) in [5.41, 5.74) is 1.97. The van der Waals surface area contributed by atoms with Gasteiger partial charge in [-0.15, -0.1) is 0 Å². The summed E-state index contributed by atoms with van der Waals surface area (Å²) in [5.74, 6) is 2.26. The van der Waals surface area contributed by atoms with E-state index in [2.05, 4.69) is 43.0 Å². The van der Waals surface area contributed by atoms with Gasteiger partial charge in [0.25, 0.3) is 0 Å². The van der Waals surface area contributed by atoms with Gasteiger partial charge in [-0.25, -0.2) is 0 Å². The minimum atomic E-state index is -0.0265. The Morgan fingerprint density at radius 3 is 2.40 bits per heavy atom. The first-order chi connectivity index (χ1) is 14.5. The highest BCUT2D eigenvalue weighted by molar-refractivity contribution is 5.77. The first-order valence-corrected chi connectivity index (χ1v) is 10.3. The van der Waals surface area contributed by atoms with Crippen LogP contribution in [0.2, 0.25) is 0 Å². The molecule has 1 aromatic heterocycles. The van der Waals surface area contributed by atoms with E-state index in [4.69, 9.17) is 9.26 Å². The molecule has 0 saturated heterocycles. The molecule has 0 aliphatic rings. The number of amides is 1. The standard InChI is InChI=1S/C24H29N3O3/c1-17(2)16-23(28)27(18(3)19-8-6-5-7-9-19)15-14-22-25-24(26-30-22)20-10-12-21(29-4)13-11-20/h5-13,17-18H,14-16H2,1-4H3/t18-/m0/s1. The van der Waals surface area contributed by atoms with Crippen LogP contribution in [0.4, 0.5) is 0 Å². The van der Waals surface area contributed by atoms with Crippen molar-refractivity contribution in [3.05, 3.63) is 66.1 Å². The van der Waals surface area contributed by atoms with Crippen LogP contribution in [-0.4, -0.2) is 34.6 Å². The number of ether oxygens (including phenoxy) is 1. The minimum Gasteiger partial charge on any atom is -0.497 e. The molecular formula is C24H29N3O3. The van der Waals surface area contributed by atoms with Crippen molar-refractivity contribution >= 4 is 5.91 Å². The number of carbonyl (C=O) groups is 1. The number of carbonyl (C=O) groups excluding carboxylic acids is 1. The molecule has 0 aliphatic carbocycles. The number of nitrogens with zero attached hydrogens (tertiary/aromatic N) is 3. The maximum Gasteiger partial charge on any atom is 0.228 e. The Hall–Kier alpha value is -3.15. The van der Waals surface area contributed by atoms with Crippen molar-refractivity contribution in [1.82, 2.24) is 15.0 Å². The summed E-state index contributed by atoms with van der Waals surface area (Å²) in [6.45, 7) is 6.70. The summed E-state index contributed by atoms with van der Waals surface area (Å²) in [6, 6.07) is 17.6. The molecule has 158 valence electrons. The van der Waals surface area contributed by atoms with Crippen LogP contribution in [0.15, 0.2) is 59.1 Å². The molecule has 1 atom stereocenters. The maximum absolute atomic E-state index is 12.9. The molecular weight excluding hydrogens is 378 g/mol. The Labute approximate surface area is 177 Å². The van der Waals surface area contributed by atoms with E-state index in [0.717, 1.165) is 16.9 Å². The molecule has 1 amide bonds. The number of aromatic nitrogens is 2. The SMILES string of the molecule is COc1ccc(-c2noc(CCN(C(=O)CC(C)C)[C@@H](C)c3ccccc3)n2)cc1. The molecule has 0 saturated carbocycles. The van der Waals surface area contributed by atoms with E-state index in [1.165, 1.54) is 0 Å². The van der Waals surface area contributed by atoms with E-state index in [1.54, 1.807) is 7.11 Å². The number of rotatable bonds is 9. The monoisotopic (exact) mass is 407 g/mol. The van der Waals surface area contributed by atoms with Crippen molar-refractivity contribution in [2.75, 3.05) is 13.7 Å². The quantitative estimate of drug-likeness (QED) is 0.503. The van der Waals surface area contributed by atoms with Crippen LogP contribution in [0, 0.1) is 5.92 Å². The molecule has 0 unspecified atom stereocenters. The fourth-order valence-electron chi connectivity index (χ4n) is 3.34. The molecule has 1 heterocycles. The van der Waals surface area contributed by atoms with Crippen LogP contribution < -0.4 is 4.74 Å². The Morgan fingerprint density at radius 2 is 1.77 bits per heavy atom. The Kier molecular flexibility index (Phi) is 7.22. The molecule has 0 radical (unpaired) electrons. The topological polar surface area (TPSA) is 68.5 Å². The molecule has 0 aliphatic heterocycles. The highest BCUT2D eigenvalue weighted by atomic mass is 16.5. The van der Waals surface area contributed by atoms with Gasteiger partial charge in [0.05, 0.1) is 13.2 Å². The number of hydrogen-bond acceptors (Lipinski definition) is 5. The number of methoxy groups -OCH3 is 1. The van der Waals surface area contributed by atoms with E-state index in [0.29, 0.717) is 37.0 Å². The lowest BCUT2D eigenvalue weighted by Crippen LogP contribution is -2.36. The van der Waals surface area contributed by atoms with Crippen molar-refractivity contribution in [3.63, 3.8) is 0 Å². The smallest absolute Gasteiger partial charge is 0.228 e. The summed E-state index contributed by atoms with van der Waals surface area (Å²) in [7, 11) is 1.63. The summed E-state index contributed by atoms with van der Waals surface area (Å²) in [6.07, 6.45) is 1.02. The third kappa shape index (κ3) is 5.47. The highest BCUT2D eigenvalue weighted by Gasteiger charge is 2.23. The molecule has 3 aromatic rings. The maximum atomic E-state index is 12.9. The molecule has 6 nitrogen and oxygen atoms in total. The number of hydrogen-bond donors (Lipinski definition) is 0. The highest BCUT2D eigenvalue weighted by Crippen LogP contribution is 2.23. The molecule has 0 N–H and O–H groups in total. The molecule has 30 heavy (non-hydrogen) atoms. The van der Waals surface area contributed by atoms with Gasteiger partial charge in [-0.2, -0.15) is 4.98 Å². The van der Waals surface area contributed by atoms with Gasteiger partial charge in [-0.1, -0.05) is 49.3 Å². The molecule has 3 rings (SSSR count). The van der Waals surface area contributed by atoms with Crippen molar-refractivity contribution in [1.29, 1.82) is 0 Å². The van der Waals surface area contributed by atoms with E-state index in [1.807, 2.05) is 47.4 Å². The Bertz CT molecular complexity index is 936. The van der Waals surface area contributed by atoms with Gasteiger partial charge >= 0.3 is 0 Å². The van der Waals surface area contributed by atoms with Crippen LogP contribution >= 0.6 is 0 Å². The zero-order valence-electron chi connectivity index (χ0n) is 18.0. The first kappa shape index (κ1) is 21.6. The van der Waals surface area contributed by atoms with Crippen molar-refractivity contribution < 1.29 is 14.1 Å². The molecule has 6 heteroatoms. The van der Waals surface area contributed by atoms with Gasteiger partial charge in [-0.3, -0.25) is 4.79 Å². The Morgan fingerprint density at radius 1 is 1.07 bits per heavy atom. The zero-order chi connectivity index (χ0) is 21.5. The third-order valence-corrected chi connectivity index (χ3v) is 5.04.